The van der Waals surface area contributed by atoms with Gasteiger partial charge in [0.05, 0.1) is 25.0 Å². The lowest BCUT2D eigenvalue weighted by Gasteiger charge is -2.44. The van der Waals surface area contributed by atoms with E-state index in [1.54, 1.807) is 0 Å². The predicted octanol–water partition coefficient (Wildman–Crippen LogP) is -6.62. The number of aliphatic hydroxyl groups is 6. The summed E-state index contributed by atoms with van der Waals surface area (Å²) in [5.74, 6) is 8.46. The summed E-state index contributed by atoms with van der Waals surface area (Å²) >= 11 is 0. The third kappa shape index (κ3) is 5.36. The number of ether oxygens (including phenoxy) is 3. The Kier molecular flexibility index (Phi) is 8.20. The molecule has 0 radical (unpaired) electrons. The quantitative estimate of drug-likeness (QED) is 0.108. The lowest BCUT2D eigenvalue weighted by Crippen LogP contribution is -2.63. The molecule has 0 spiro atoms. The molecule has 7 unspecified atom stereocenters. The van der Waals surface area contributed by atoms with E-state index in [2.05, 4.69) is 0 Å². The van der Waals surface area contributed by atoms with Crippen LogP contribution >= 0.6 is 0 Å². The summed E-state index contributed by atoms with van der Waals surface area (Å²) in [5, 5.41) is 60.0. The van der Waals surface area contributed by atoms with E-state index < -0.39 is 86.1 Å². The summed E-state index contributed by atoms with van der Waals surface area (Å²) in [6.45, 7) is 0. The van der Waals surface area contributed by atoms with Crippen LogP contribution in [0.4, 0.5) is 0 Å². The molecular weight excluding hydrogens is 400 g/mol. The molecule has 2 amide bonds. The summed E-state index contributed by atoms with van der Waals surface area (Å²) in [6, 6.07) is 0. The number of nitrogens with one attached hydrogen (secondary N) is 2. The number of carbonyl (C=O) groups is 2. The number of hydrazine groups is 2. The average molecular weight is 426 g/mol. The summed E-state index contributed by atoms with van der Waals surface area (Å²) < 4.78 is 15.8. The number of nitrogens with two attached hydrogens (primary N) is 2. The lowest BCUT2D eigenvalue weighted by molar-refractivity contribution is -0.373. The number of hydrogen-bond acceptors (Lipinski definition) is 13. The minimum absolute atomic E-state index is 0.490. The fourth-order valence-corrected chi connectivity index (χ4v) is 3.01. The smallest absolute Gasteiger partial charge is 0.236 e. The van der Waals surface area contributed by atoms with Crippen molar-refractivity contribution in [2.75, 3.05) is 0 Å². The summed E-state index contributed by atoms with van der Waals surface area (Å²) in [4.78, 5) is 22.9. The molecule has 10 atom stereocenters. The van der Waals surface area contributed by atoms with Gasteiger partial charge in [0.15, 0.2) is 12.6 Å². The first-order valence-electron chi connectivity index (χ1n) is 8.64. The fourth-order valence-electron chi connectivity index (χ4n) is 3.01. The molecule has 2 rings (SSSR count). The SMILES string of the molecule is NNC(=O)CC1OC(O[C@H]2OC(CC(=O)NN)[C@@H](O)C(O)C2O)C(O)C(O)[C@@H]1O. The van der Waals surface area contributed by atoms with Gasteiger partial charge in [-0.2, -0.15) is 0 Å². The molecular formula is C14H26N4O11. The van der Waals surface area contributed by atoms with Crippen molar-refractivity contribution in [3.8, 4) is 0 Å². The third-order valence-electron chi connectivity index (χ3n) is 4.70. The zero-order chi connectivity index (χ0) is 21.9. The molecule has 12 N–H and O–H groups in total. The van der Waals surface area contributed by atoms with Gasteiger partial charge in [-0.05, 0) is 0 Å². The van der Waals surface area contributed by atoms with Crippen LogP contribution in [0.3, 0.4) is 0 Å². The van der Waals surface area contributed by atoms with Gasteiger partial charge in [0.2, 0.25) is 11.8 Å². The molecule has 2 aliphatic rings. The van der Waals surface area contributed by atoms with Gasteiger partial charge in [-0.1, -0.05) is 0 Å². The number of hydrogen-bond donors (Lipinski definition) is 10. The summed E-state index contributed by atoms with van der Waals surface area (Å²) in [6.07, 6.45) is -17.6. The summed E-state index contributed by atoms with van der Waals surface area (Å²) in [5.41, 5.74) is 3.63. The molecule has 15 nitrogen and oxygen atoms in total. The van der Waals surface area contributed by atoms with Crippen molar-refractivity contribution in [1.82, 2.24) is 10.9 Å². The Labute approximate surface area is 164 Å². The Morgan fingerprint density at radius 1 is 0.690 bits per heavy atom. The second-order valence-electron chi connectivity index (χ2n) is 6.71. The van der Waals surface area contributed by atoms with Gasteiger partial charge in [-0.15, -0.1) is 0 Å². The topological polar surface area (TPSA) is 259 Å². The molecule has 29 heavy (non-hydrogen) atoms. The van der Waals surface area contributed by atoms with E-state index in [9.17, 15) is 40.2 Å². The van der Waals surface area contributed by atoms with Gasteiger partial charge < -0.3 is 44.8 Å². The molecule has 0 bridgehead atoms. The van der Waals surface area contributed by atoms with Gasteiger partial charge in [-0.25, -0.2) is 11.7 Å². The molecule has 0 aromatic rings. The minimum Gasteiger partial charge on any atom is -0.388 e. The van der Waals surface area contributed by atoms with E-state index >= 15 is 0 Å². The fraction of sp³-hybridized carbons (Fsp3) is 0.857. The average Bonchev–Trinajstić information content (AvgIpc) is 2.71. The van der Waals surface area contributed by atoms with Crippen molar-refractivity contribution in [2.24, 2.45) is 11.7 Å². The highest BCUT2D eigenvalue weighted by molar-refractivity contribution is 5.76. The number of rotatable bonds is 6. The highest BCUT2D eigenvalue weighted by Gasteiger charge is 2.50. The third-order valence-corrected chi connectivity index (χ3v) is 4.70. The lowest BCUT2D eigenvalue weighted by atomic mass is 9.95. The predicted molar refractivity (Wildman–Crippen MR) is 88.3 cm³/mol. The first-order valence-corrected chi connectivity index (χ1v) is 8.64. The van der Waals surface area contributed by atoms with Gasteiger partial charge in [-0.3, -0.25) is 20.4 Å². The molecule has 0 aliphatic carbocycles. The van der Waals surface area contributed by atoms with Crippen LogP contribution in [0.25, 0.3) is 0 Å². The number of aliphatic hydroxyl groups excluding tert-OH is 6. The Hall–Kier alpha value is -1.50. The van der Waals surface area contributed by atoms with Crippen LogP contribution in [-0.4, -0.2) is 104 Å². The maximum Gasteiger partial charge on any atom is 0.236 e. The van der Waals surface area contributed by atoms with E-state index in [1.165, 1.54) is 0 Å². The van der Waals surface area contributed by atoms with Crippen LogP contribution in [0.2, 0.25) is 0 Å². The standard InChI is InChI=1S/C14H26N4O11/c15-17-5(19)1-3-7(21)9(23)11(25)13(27-3)29-14-12(26)10(24)8(22)4(28-14)2-6(20)18-16/h3-4,7-14,21-26H,1-2,15-16H2,(H,17,19)(H,18,20)/t3?,4?,7-,8-,9?,10?,11?,12?,13-,14?/m1/s1. The van der Waals surface area contributed by atoms with Crippen molar-refractivity contribution >= 4 is 11.8 Å². The van der Waals surface area contributed by atoms with E-state index in [-0.39, 0.29) is 0 Å². The second-order valence-corrected chi connectivity index (χ2v) is 6.71. The summed E-state index contributed by atoms with van der Waals surface area (Å²) in [7, 11) is 0. The van der Waals surface area contributed by atoms with Gasteiger partial charge in [0.1, 0.15) is 36.6 Å². The molecule has 2 saturated heterocycles. The first-order chi connectivity index (χ1) is 13.6. The zero-order valence-corrected chi connectivity index (χ0v) is 15.1. The van der Waals surface area contributed by atoms with Crippen LogP contribution in [0.5, 0.6) is 0 Å². The maximum atomic E-state index is 11.4. The molecule has 168 valence electrons. The van der Waals surface area contributed by atoms with Crippen molar-refractivity contribution in [3.05, 3.63) is 0 Å². The molecule has 2 fully saturated rings. The van der Waals surface area contributed by atoms with Crippen molar-refractivity contribution in [2.45, 2.75) is 74.3 Å². The molecule has 2 aliphatic heterocycles. The maximum absolute atomic E-state index is 11.4. The molecule has 2 heterocycles. The monoisotopic (exact) mass is 426 g/mol. The van der Waals surface area contributed by atoms with Crippen molar-refractivity contribution in [3.63, 3.8) is 0 Å². The van der Waals surface area contributed by atoms with Crippen molar-refractivity contribution < 1.29 is 54.4 Å². The Morgan fingerprint density at radius 2 is 1.03 bits per heavy atom. The van der Waals surface area contributed by atoms with Crippen LogP contribution < -0.4 is 22.5 Å². The second kappa shape index (κ2) is 10.0. The Morgan fingerprint density at radius 3 is 1.34 bits per heavy atom. The zero-order valence-electron chi connectivity index (χ0n) is 15.1. The van der Waals surface area contributed by atoms with Crippen LogP contribution in [0.15, 0.2) is 0 Å². The normalized spacial score (nSPS) is 42.9. The minimum atomic E-state index is -1.83. The highest BCUT2D eigenvalue weighted by atomic mass is 16.8. The highest BCUT2D eigenvalue weighted by Crippen LogP contribution is 2.29. The Bertz CT molecular complexity index is 536. The molecule has 0 aromatic heterocycles. The first kappa shape index (κ1) is 23.8. The molecule has 0 saturated carbocycles. The molecule has 0 aromatic carbocycles. The molecule has 15 heteroatoms. The number of carbonyl (C=O) groups excluding carboxylic acids is 2. The van der Waals surface area contributed by atoms with Crippen LogP contribution in [0, 0.1) is 0 Å². The largest absolute Gasteiger partial charge is 0.388 e. The van der Waals surface area contributed by atoms with Crippen LogP contribution in [-0.2, 0) is 23.8 Å². The van der Waals surface area contributed by atoms with Crippen LogP contribution in [0.1, 0.15) is 12.8 Å². The van der Waals surface area contributed by atoms with Crippen molar-refractivity contribution in [1.29, 1.82) is 0 Å². The van der Waals surface area contributed by atoms with Gasteiger partial charge in [0, 0.05) is 0 Å². The van der Waals surface area contributed by atoms with E-state index in [0.717, 1.165) is 0 Å². The van der Waals surface area contributed by atoms with Gasteiger partial charge in [0.25, 0.3) is 0 Å². The van der Waals surface area contributed by atoms with Gasteiger partial charge >= 0.3 is 0 Å². The van der Waals surface area contributed by atoms with E-state index in [0.29, 0.717) is 0 Å². The van der Waals surface area contributed by atoms with E-state index in [1.807, 2.05) is 10.9 Å². The van der Waals surface area contributed by atoms with E-state index in [4.69, 9.17) is 25.9 Å². The number of amides is 2. The Balaban J connectivity index is 2.11.